The molecule has 1 unspecified atom stereocenters. The molecule has 0 radical (unpaired) electrons. The Balaban J connectivity index is 3.05. The van der Waals surface area contributed by atoms with Crippen LogP contribution in [-0.4, -0.2) is 24.9 Å². The molecule has 0 bridgehead atoms. The highest BCUT2D eigenvalue weighted by molar-refractivity contribution is 5.38. The van der Waals surface area contributed by atoms with Gasteiger partial charge in [0.25, 0.3) is 0 Å². The first kappa shape index (κ1) is 16.8. The van der Waals surface area contributed by atoms with Crippen LogP contribution in [0.3, 0.4) is 0 Å². The lowest BCUT2D eigenvalue weighted by molar-refractivity contribution is -0.137. The second-order valence-electron chi connectivity index (χ2n) is 4.66. The standard InChI is InChI=1S/C14H20F3NO2/c1-2-5-20-13-4-3-12(14(15,16)17)7-11(13)6-10(8-18)9-19/h3-4,7,10,19H,2,5-6,8-9,18H2,1H3. The zero-order valence-corrected chi connectivity index (χ0v) is 11.4. The van der Waals surface area contributed by atoms with E-state index in [9.17, 15) is 13.2 Å². The Kier molecular flexibility index (Phi) is 6.29. The Morgan fingerprint density at radius 2 is 2.05 bits per heavy atom. The van der Waals surface area contributed by atoms with Gasteiger partial charge in [-0.05, 0) is 49.1 Å². The molecular formula is C14H20F3NO2. The van der Waals surface area contributed by atoms with E-state index in [4.69, 9.17) is 15.6 Å². The van der Waals surface area contributed by atoms with Gasteiger partial charge in [0, 0.05) is 6.61 Å². The van der Waals surface area contributed by atoms with Crippen LogP contribution in [0.1, 0.15) is 24.5 Å². The van der Waals surface area contributed by atoms with Crippen molar-refractivity contribution in [2.75, 3.05) is 19.8 Å². The minimum absolute atomic E-state index is 0.167. The molecular weight excluding hydrogens is 271 g/mol. The van der Waals surface area contributed by atoms with E-state index in [-0.39, 0.29) is 25.5 Å². The topological polar surface area (TPSA) is 55.5 Å². The third-order valence-corrected chi connectivity index (χ3v) is 2.95. The van der Waals surface area contributed by atoms with Crippen molar-refractivity contribution in [1.82, 2.24) is 0 Å². The lowest BCUT2D eigenvalue weighted by Gasteiger charge is -2.17. The molecule has 0 amide bonds. The Morgan fingerprint density at radius 1 is 1.35 bits per heavy atom. The Labute approximate surface area is 116 Å². The van der Waals surface area contributed by atoms with Crippen molar-refractivity contribution in [3.63, 3.8) is 0 Å². The van der Waals surface area contributed by atoms with Gasteiger partial charge in [0.2, 0.25) is 0 Å². The normalized spacial score (nSPS) is 13.3. The van der Waals surface area contributed by atoms with Gasteiger partial charge in [0.1, 0.15) is 5.75 Å². The van der Waals surface area contributed by atoms with E-state index >= 15 is 0 Å². The molecule has 20 heavy (non-hydrogen) atoms. The number of nitrogens with two attached hydrogens (primary N) is 1. The first-order valence-electron chi connectivity index (χ1n) is 6.56. The van der Waals surface area contributed by atoms with Gasteiger partial charge in [0.05, 0.1) is 12.2 Å². The molecule has 6 heteroatoms. The minimum Gasteiger partial charge on any atom is -0.493 e. The van der Waals surface area contributed by atoms with Crippen LogP contribution in [0.25, 0.3) is 0 Å². The molecule has 0 saturated carbocycles. The molecule has 3 N–H and O–H groups in total. The van der Waals surface area contributed by atoms with Crippen molar-refractivity contribution in [1.29, 1.82) is 0 Å². The second-order valence-corrected chi connectivity index (χ2v) is 4.66. The minimum atomic E-state index is -4.39. The number of hydrogen-bond acceptors (Lipinski definition) is 3. The number of aliphatic hydroxyl groups is 1. The van der Waals surface area contributed by atoms with Crippen LogP contribution in [-0.2, 0) is 12.6 Å². The first-order chi connectivity index (χ1) is 9.42. The molecule has 1 aromatic carbocycles. The van der Waals surface area contributed by atoms with Crippen molar-refractivity contribution >= 4 is 0 Å². The maximum absolute atomic E-state index is 12.7. The van der Waals surface area contributed by atoms with Gasteiger partial charge in [-0.15, -0.1) is 0 Å². The summed E-state index contributed by atoms with van der Waals surface area (Å²) in [5, 5.41) is 9.14. The number of benzene rings is 1. The molecule has 0 heterocycles. The third-order valence-electron chi connectivity index (χ3n) is 2.95. The monoisotopic (exact) mass is 291 g/mol. The highest BCUT2D eigenvalue weighted by atomic mass is 19.4. The zero-order valence-electron chi connectivity index (χ0n) is 11.4. The fourth-order valence-electron chi connectivity index (χ4n) is 1.80. The average Bonchev–Trinajstić information content (AvgIpc) is 2.41. The van der Waals surface area contributed by atoms with Crippen molar-refractivity contribution in [2.24, 2.45) is 11.7 Å². The highest BCUT2D eigenvalue weighted by Gasteiger charge is 2.31. The number of hydrogen-bond donors (Lipinski definition) is 2. The Morgan fingerprint density at radius 3 is 2.55 bits per heavy atom. The van der Waals surface area contributed by atoms with Crippen molar-refractivity contribution in [2.45, 2.75) is 25.9 Å². The van der Waals surface area contributed by atoms with Crippen LogP contribution < -0.4 is 10.5 Å². The van der Waals surface area contributed by atoms with Crippen molar-refractivity contribution in [3.05, 3.63) is 29.3 Å². The predicted octanol–water partition coefficient (Wildman–Crippen LogP) is 2.60. The summed E-state index contributed by atoms with van der Waals surface area (Å²) in [7, 11) is 0. The molecule has 0 aliphatic carbocycles. The summed E-state index contributed by atoms with van der Waals surface area (Å²) in [6, 6.07) is 3.41. The number of ether oxygens (including phenoxy) is 1. The summed E-state index contributed by atoms with van der Waals surface area (Å²) >= 11 is 0. The molecule has 0 fully saturated rings. The maximum atomic E-state index is 12.7. The fraction of sp³-hybridized carbons (Fsp3) is 0.571. The second kappa shape index (κ2) is 7.50. The van der Waals surface area contributed by atoms with Crippen LogP contribution >= 0.6 is 0 Å². The molecule has 0 saturated heterocycles. The molecule has 1 rings (SSSR count). The smallest absolute Gasteiger partial charge is 0.416 e. The lowest BCUT2D eigenvalue weighted by atomic mass is 9.97. The summed E-state index contributed by atoms with van der Waals surface area (Å²) in [5.41, 5.74) is 5.19. The van der Waals surface area contributed by atoms with Gasteiger partial charge in [-0.2, -0.15) is 13.2 Å². The molecule has 0 aliphatic heterocycles. The molecule has 114 valence electrons. The largest absolute Gasteiger partial charge is 0.493 e. The van der Waals surface area contributed by atoms with Gasteiger partial charge in [-0.25, -0.2) is 0 Å². The van der Waals surface area contributed by atoms with E-state index < -0.39 is 11.7 Å². The van der Waals surface area contributed by atoms with E-state index in [1.165, 1.54) is 6.07 Å². The van der Waals surface area contributed by atoms with E-state index in [1.54, 1.807) is 0 Å². The van der Waals surface area contributed by atoms with Gasteiger partial charge >= 0.3 is 6.18 Å². The fourth-order valence-corrected chi connectivity index (χ4v) is 1.80. The molecule has 0 aliphatic rings. The Bertz CT molecular complexity index is 417. The van der Waals surface area contributed by atoms with Gasteiger partial charge in [-0.3, -0.25) is 0 Å². The highest BCUT2D eigenvalue weighted by Crippen LogP contribution is 2.33. The summed E-state index contributed by atoms with van der Waals surface area (Å²) in [4.78, 5) is 0. The van der Waals surface area contributed by atoms with Gasteiger partial charge < -0.3 is 15.6 Å². The number of rotatable bonds is 7. The van der Waals surface area contributed by atoms with E-state index in [1.807, 2.05) is 6.92 Å². The SMILES string of the molecule is CCCOc1ccc(C(F)(F)F)cc1CC(CN)CO. The van der Waals surface area contributed by atoms with Crippen molar-refractivity contribution < 1.29 is 23.0 Å². The summed E-state index contributed by atoms with van der Waals surface area (Å²) in [6.45, 7) is 2.39. The van der Waals surface area contributed by atoms with Crippen LogP contribution in [0.5, 0.6) is 5.75 Å². The third kappa shape index (κ3) is 4.68. The van der Waals surface area contributed by atoms with Crippen molar-refractivity contribution in [3.8, 4) is 5.75 Å². The zero-order chi connectivity index (χ0) is 15.2. The molecule has 0 spiro atoms. The molecule has 0 aromatic heterocycles. The lowest BCUT2D eigenvalue weighted by Crippen LogP contribution is -2.21. The average molecular weight is 291 g/mol. The quantitative estimate of drug-likeness (QED) is 0.812. The first-order valence-corrected chi connectivity index (χ1v) is 6.56. The molecule has 1 atom stereocenters. The summed E-state index contributed by atoms with van der Waals surface area (Å²) in [5.74, 6) is 0.147. The number of aliphatic hydroxyl groups excluding tert-OH is 1. The maximum Gasteiger partial charge on any atom is 0.416 e. The van der Waals surface area contributed by atoms with Crippen LogP contribution in [0.15, 0.2) is 18.2 Å². The number of halogens is 3. The number of alkyl halides is 3. The molecule has 1 aromatic rings. The van der Waals surface area contributed by atoms with E-state index in [0.717, 1.165) is 18.6 Å². The van der Waals surface area contributed by atoms with E-state index in [0.29, 0.717) is 17.9 Å². The predicted molar refractivity (Wildman–Crippen MR) is 70.6 cm³/mol. The Hall–Kier alpha value is -1.27. The summed E-state index contributed by atoms with van der Waals surface area (Å²) < 4.78 is 43.7. The summed E-state index contributed by atoms with van der Waals surface area (Å²) in [6.07, 6.45) is -3.37. The van der Waals surface area contributed by atoms with Gasteiger partial charge in [-0.1, -0.05) is 6.92 Å². The van der Waals surface area contributed by atoms with E-state index in [2.05, 4.69) is 0 Å². The van der Waals surface area contributed by atoms with Crippen LogP contribution in [0.2, 0.25) is 0 Å². The van der Waals surface area contributed by atoms with Crippen LogP contribution in [0, 0.1) is 5.92 Å². The molecule has 3 nitrogen and oxygen atoms in total. The van der Waals surface area contributed by atoms with Gasteiger partial charge in [0.15, 0.2) is 0 Å². The van der Waals surface area contributed by atoms with Crippen LogP contribution in [0.4, 0.5) is 13.2 Å².